The van der Waals surface area contributed by atoms with Crippen molar-refractivity contribution in [3.05, 3.63) is 0 Å². The molecule has 0 radical (unpaired) electrons. The Morgan fingerprint density at radius 3 is 1.95 bits per heavy atom. The van der Waals surface area contributed by atoms with Crippen molar-refractivity contribution in [2.45, 2.75) is 77.7 Å². The fourth-order valence-corrected chi connectivity index (χ4v) is 2.24. The van der Waals surface area contributed by atoms with Crippen molar-refractivity contribution in [2.24, 2.45) is 0 Å². The van der Waals surface area contributed by atoms with Crippen LogP contribution in [0.25, 0.3) is 0 Å². The zero-order chi connectivity index (χ0) is 14.5. The van der Waals surface area contributed by atoms with Gasteiger partial charge in [0.05, 0.1) is 0 Å². The molecule has 1 amide bonds. The van der Waals surface area contributed by atoms with Crippen molar-refractivity contribution in [1.82, 2.24) is 10.2 Å². The van der Waals surface area contributed by atoms with Gasteiger partial charge in [0.1, 0.15) is 0 Å². The lowest BCUT2D eigenvalue weighted by atomic mass is 10.0. The van der Waals surface area contributed by atoms with E-state index in [4.69, 9.17) is 0 Å². The summed E-state index contributed by atoms with van der Waals surface area (Å²) in [6.45, 7) is 5.31. The fourth-order valence-electron chi connectivity index (χ4n) is 2.24. The number of unbranched alkanes of at least 4 members (excludes halogenated alkanes) is 4. The van der Waals surface area contributed by atoms with E-state index in [1.807, 2.05) is 14.1 Å². The standard InChI is InChI=1S/C16H34N2O/c1-5-7-9-11-15(12-10-8-6-2)17-14-13-16(19)18(3)4/h15,17H,5-14H2,1-4H3. The summed E-state index contributed by atoms with van der Waals surface area (Å²) >= 11 is 0. The fraction of sp³-hybridized carbons (Fsp3) is 0.938. The number of nitrogens with one attached hydrogen (secondary N) is 1. The number of rotatable bonds is 12. The summed E-state index contributed by atoms with van der Waals surface area (Å²) in [4.78, 5) is 13.2. The van der Waals surface area contributed by atoms with Crippen LogP contribution in [0.4, 0.5) is 0 Å². The van der Waals surface area contributed by atoms with Gasteiger partial charge in [-0.05, 0) is 12.8 Å². The van der Waals surface area contributed by atoms with Gasteiger partial charge in [-0.25, -0.2) is 0 Å². The van der Waals surface area contributed by atoms with Crippen LogP contribution in [0, 0.1) is 0 Å². The third-order valence-electron chi connectivity index (χ3n) is 3.58. The first-order chi connectivity index (χ1) is 9.11. The van der Waals surface area contributed by atoms with Gasteiger partial charge in [-0.2, -0.15) is 0 Å². The molecule has 0 atom stereocenters. The normalized spacial score (nSPS) is 11.0. The largest absolute Gasteiger partial charge is 0.349 e. The molecular formula is C16H34N2O. The number of amides is 1. The summed E-state index contributed by atoms with van der Waals surface area (Å²) in [6, 6.07) is 0.605. The first-order valence-electron chi connectivity index (χ1n) is 8.05. The SMILES string of the molecule is CCCCCC(CCCCC)NCCC(=O)N(C)C. The minimum Gasteiger partial charge on any atom is -0.349 e. The molecule has 0 heterocycles. The molecule has 3 heteroatoms. The molecule has 0 aliphatic heterocycles. The third kappa shape index (κ3) is 11.0. The van der Waals surface area contributed by atoms with E-state index in [0.29, 0.717) is 12.5 Å². The highest BCUT2D eigenvalue weighted by molar-refractivity contribution is 5.75. The summed E-state index contributed by atoms with van der Waals surface area (Å²) in [5.41, 5.74) is 0. The number of nitrogens with zero attached hydrogens (tertiary/aromatic N) is 1. The zero-order valence-electron chi connectivity index (χ0n) is 13.5. The Balaban J connectivity index is 3.85. The van der Waals surface area contributed by atoms with Crippen molar-refractivity contribution in [2.75, 3.05) is 20.6 Å². The first-order valence-corrected chi connectivity index (χ1v) is 8.05. The molecule has 114 valence electrons. The first kappa shape index (κ1) is 18.4. The maximum absolute atomic E-state index is 11.5. The summed E-state index contributed by atoms with van der Waals surface area (Å²) in [6.07, 6.45) is 10.9. The number of carbonyl (C=O) groups excluding carboxylic acids is 1. The van der Waals surface area contributed by atoms with Crippen LogP contribution in [0.15, 0.2) is 0 Å². The number of carbonyl (C=O) groups is 1. The molecule has 0 fully saturated rings. The van der Waals surface area contributed by atoms with Crippen LogP contribution in [-0.4, -0.2) is 37.5 Å². The number of hydrogen-bond donors (Lipinski definition) is 1. The molecule has 0 rings (SSSR count). The Labute approximate surface area is 120 Å². The predicted octanol–water partition coefficient (Wildman–Crippen LogP) is 3.58. The van der Waals surface area contributed by atoms with Crippen molar-refractivity contribution in [3.8, 4) is 0 Å². The summed E-state index contributed by atoms with van der Waals surface area (Å²) in [5.74, 6) is 0.216. The summed E-state index contributed by atoms with van der Waals surface area (Å²) in [7, 11) is 3.64. The molecule has 0 saturated heterocycles. The molecule has 0 aromatic heterocycles. The molecule has 0 spiro atoms. The highest BCUT2D eigenvalue weighted by Crippen LogP contribution is 2.11. The van der Waals surface area contributed by atoms with Crippen LogP contribution in [0.2, 0.25) is 0 Å². The molecule has 19 heavy (non-hydrogen) atoms. The van der Waals surface area contributed by atoms with Gasteiger partial charge in [-0.3, -0.25) is 4.79 Å². The highest BCUT2D eigenvalue weighted by Gasteiger charge is 2.09. The van der Waals surface area contributed by atoms with E-state index in [1.165, 1.54) is 51.4 Å². The Kier molecular flexibility index (Phi) is 12.1. The minimum atomic E-state index is 0.216. The van der Waals surface area contributed by atoms with Crippen molar-refractivity contribution in [1.29, 1.82) is 0 Å². The lowest BCUT2D eigenvalue weighted by Gasteiger charge is -2.19. The van der Waals surface area contributed by atoms with Crippen molar-refractivity contribution >= 4 is 5.91 Å². The second-order valence-electron chi connectivity index (χ2n) is 5.68. The van der Waals surface area contributed by atoms with Crippen LogP contribution >= 0.6 is 0 Å². The zero-order valence-corrected chi connectivity index (χ0v) is 13.5. The second kappa shape index (κ2) is 12.5. The van der Waals surface area contributed by atoms with Gasteiger partial charge >= 0.3 is 0 Å². The quantitative estimate of drug-likeness (QED) is 0.550. The molecule has 1 N–H and O–H groups in total. The number of hydrogen-bond acceptors (Lipinski definition) is 2. The van der Waals surface area contributed by atoms with Crippen LogP contribution < -0.4 is 5.32 Å². The summed E-state index contributed by atoms with van der Waals surface area (Å²) in [5, 5.41) is 3.58. The van der Waals surface area contributed by atoms with Gasteiger partial charge in [-0.1, -0.05) is 52.4 Å². The van der Waals surface area contributed by atoms with E-state index in [9.17, 15) is 4.79 Å². The van der Waals surface area contributed by atoms with Crippen LogP contribution in [-0.2, 0) is 4.79 Å². The average molecular weight is 270 g/mol. The Morgan fingerprint density at radius 1 is 1.00 bits per heavy atom. The highest BCUT2D eigenvalue weighted by atomic mass is 16.2. The second-order valence-corrected chi connectivity index (χ2v) is 5.68. The van der Waals surface area contributed by atoms with Gasteiger partial charge in [-0.15, -0.1) is 0 Å². The van der Waals surface area contributed by atoms with Crippen molar-refractivity contribution < 1.29 is 4.79 Å². The van der Waals surface area contributed by atoms with Gasteiger partial charge in [0.15, 0.2) is 0 Å². The molecule has 0 bridgehead atoms. The smallest absolute Gasteiger partial charge is 0.223 e. The lowest BCUT2D eigenvalue weighted by Crippen LogP contribution is -2.33. The molecule has 0 aliphatic rings. The Morgan fingerprint density at radius 2 is 1.53 bits per heavy atom. The summed E-state index contributed by atoms with van der Waals surface area (Å²) < 4.78 is 0. The predicted molar refractivity (Wildman–Crippen MR) is 83.4 cm³/mol. The topological polar surface area (TPSA) is 32.3 Å². The van der Waals surface area contributed by atoms with Gasteiger partial charge in [0.25, 0.3) is 0 Å². The van der Waals surface area contributed by atoms with E-state index >= 15 is 0 Å². The van der Waals surface area contributed by atoms with Gasteiger partial charge < -0.3 is 10.2 Å². The molecule has 0 unspecified atom stereocenters. The molecule has 3 nitrogen and oxygen atoms in total. The average Bonchev–Trinajstić information content (AvgIpc) is 2.38. The van der Waals surface area contributed by atoms with E-state index in [2.05, 4.69) is 19.2 Å². The maximum Gasteiger partial charge on any atom is 0.223 e. The van der Waals surface area contributed by atoms with E-state index in [0.717, 1.165) is 6.54 Å². The molecule has 0 aliphatic carbocycles. The molecule has 0 aromatic rings. The van der Waals surface area contributed by atoms with E-state index in [1.54, 1.807) is 4.90 Å². The van der Waals surface area contributed by atoms with E-state index < -0.39 is 0 Å². The lowest BCUT2D eigenvalue weighted by molar-refractivity contribution is -0.128. The van der Waals surface area contributed by atoms with Crippen LogP contribution in [0.5, 0.6) is 0 Å². The third-order valence-corrected chi connectivity index (χ3v) is 3.58. The van der Waals surface area contributed by atoms with Crippen LogP contribution in [0.1, 0.15) is 71.6 Å². The Hall–Kier alpha value is -0.570. The van der Waals surface area contributed by atoms with Gasteiger partial charge in [0.2, 0.25) is 5.91 Å². The minimum absolute atomic E-state index is 0.216. The van der Waals surface area contributed by atoms with Crippen LogP contribution in [0.3, 0.4) is 0 Å². The van der Waals surface area contributed by atoms with Gasteiger partial charge in [0, 0.05) is 33.1 Å². The van der Waals surface area contributed by atoms with E-state index in [-0.39, 0.29) is 5.91 Å². The van der Waals surface area contributed by atoms with Crippen molar-refractivity contribution in [3.63, 3.8) is 0 Å². The molecule has 0 aromatic carbocycles. The monoisotopic (exact) mass is 270 g/mol. The molecule has 0 saturated carbocycles. The maximum atomic E-state index is 11.5. The Bertz CT molecular complexity index is 207. The molecular weight excluding hydrogens is 236 g/mol.